The Labute approximate surface area is 149 Å². The van der Waals surface area contributed by atoms with Crippen LogP contribution in [0.5, 0.6) is 5.75 Å². The van der Waals surface area contributed by atoms with Crippen molar-refractivity contribution in [2.24, 2.45) is 0 Å². The van der Waals surface area contributed by atoms with E-state index in [1.165, 1.54) is 0 Å². The van der Waals surface area contributed by atoms with Gasteiger partial charge in [-0.3, -0.25) is 0 Å². The zero-order valence-corrected chi connectivity index (χ0v) is 16.1. The molecule has 1 amide bonds. The molecule has 0 aliphatic carbocycles. The first-order valence-electron chi connectivity index (χ1n) is 7.43. The van der Waals surface area contributed by atoms with Gasteiger partial charge in [0.2, 0.25) is 0 Å². The fourth-order valence-corrected chi connectivity index (χ4v) is 2.70. The number of halogens is 1. The van der Waals surface area contributed by atoms with Gasteiger partial charge in [0.1, 0.15) is 23.9 Å². The summed E-state index contributed by atoms with van der Waals surface area (Å²) < 4.78 is 18.5. The number of amides is 1. The van der Waals surface area contributed by atoms with Gasteiger partial charge >= 0.3 is 6.09 Å². The van der Waals surface area contributed by atoms with Gasteiger partial charge in [0, 0.05) is 13.2 Å². The van der Waals surface area contributed by atoms with Crippen LogP contribution in [0.15, 0.2) is 16.6 Å². The molecule has 0 saturated heterocycles. The van der Waals surface area contributed by atoms with E-state index in [1.807, 2.05) is 37.5 Å². The Kier molecular flexibility index (Phi) is 5.71. The van der Waals surface area contributed by atoms with Crippen LogP contribution in [0.2, 0.25) is 0 Å². The molecule has 8 heteroatoms. The summed E-state index contributed by atoms with van der Waals surface area (Å²) in [6, 6.07) is 3.75. The minimum absolute atomic E-state index is 0.229. The van der Waals surface area contributed by atoms with Gasteiger partial charge in [-0.2, -0.15) is 0 Å². The average molecular weight is 400 g/mol. The molecule has 7 nitrogen and oxygen atoms in total. The first kappa shape index (κ1) is 18.5. The number of carbonyl (C=O) groups is 1. The summed E-state index contributed by atoms with van der Waals surface area (Å²) in [5.41, 5.74) is 1.09. The number of ether oxygens (including phenoxy) is 3. The van der Waals surface area contributed by atoms with Crippen molar-refractivity contribution in [2.75, 3.05) is 14.2 Å². The van der Waals surface area contributed by atoms with Gasteiger partial charge in [-0.05, 0) is 42.8 Å². The van der Waals surface area contributed by atoms with Crippen molar-refractivity contribution in [3.05, 3.63) is 22.4 Å². The molecule has 1 heterocycles. The summed E-state index contributed by atoms with van der Waals surface area (Å²) in [6.45, 7) is 5.99. The molecule has 1 aromatic heterocycles. The van der Waals surface area contributed by atoms with Crippen LogP contribution < -0.4 is 10.1 Å². The van der Waals surface area contributed by atoms with Gasteiger partial charge in [0.25, 0.3) is 0 Å². The monoisotopic (exact) mass is 399 g/mol. The van der Waals surface area contributed by atoms with Crippen LogP contribution in [-0.4, -0.2) is 35.5 Å². The van der Waals surface area contributed by atoms with Crippen LogP contribution >= 0.6 is 15.9 Å². The van der Waals surface area contributed by atoms with Crippen molar-refractivity contribution in [1.29, 1.82) is 0 Å². The summed E-state index contributed by atoms with van der Waals surface area (Å²) in [5, 5.41) is 2.72. The third-order valence-corrected chi connectivity index (χ3v) is 3.77. The molecule has 0 aliphatic heterocycles. The lowest BCUT2D eigenvalue weighted by Crippen LogP contribution is -2.32. The molecule has 2 rings (SSSR count). The Balaban J connectivity index is 2.29. The van der Waals surface area contributed by atoms with E-state index in [2.05, 4.69) is 26.2 Å². The number of methoxy groups -OCH3 is 2. The molecule has 2 aromatic rings. The minimum atomic E-state index is -0.547. The van der Waals surface area contributed by atoms with E-state index < -0.39 is 11.7 Å². The Hall–Kier alpha value is -1.80. The Bertz CT molecular complexity index is 737. The summed E-state index contributed by atoms with van der Waals surface area (Å²) in [4.78, 5) is 16.4. The summed E-state index contributed by atoms with van der Waals surface area (Å²) in [6.07, 6.45) is -0.489. The van der Waals surface area contributed by atoms with E-state index in [4.69, 9.17) is 14.2 Å². The van der Waals surface area contributed by atoms with Crippen LogP contribution in [-0.2, 0) is 22.7 Å². The zero-order valence-electron chi connectivity index (χ0n) is 14.5. The highest BCUT2D eigenvalue weighted by atomic mass is 79.9. The third kappa shape index (κ3) is 4.39. The van der Waals surface area contributed by atoms with Crippen LogP contribution in [0.25, 0.3) is 11.0 Å². The molecule has 0 unspecified atom stereocenters. The third-order valence-electron chi connectivity index (χ3n) is 3.15. The minimum Gasteiger partial charge on any atom is -0.495 e. The lowest BCUT2D eigenvalue weighted by Gasteiger charge is -2.19. The molecule has 1 aromatic carbocycles. The predicted molar refractivity (Wildman–Crippen MR) is 94.1 cm³/mol. The number of alkyl carbamates (subject to hydrolysis) is 1. The molecule has 0 radical (unpaired) electrons. The Morgan fingerprint density at radius 1 is 1.33 bits per heavy atom. The molecule has 0 bridgehead atoms. The van der Waals surface area contributed by atoms with Crippen molar-refractivity contribution >= 4 is 33.1 Å². The topological polar surface area (TPSA) is 74.6 Å². The Morgan fingerprint density at radius 2 is 2.04 bits per heavy atom. The van der Waals surface area contributed by atoms with E-state index in [1.54, 1.807) is 14.2 Å². The second-order valence-electron chi connectivity index (χ2n) is 6.20. The molecule has 0 fully saturated rings. The van der Waals surface area contributed by atoms with Crippen molar-refractivity contribution in [3.8, 4) is 5.75 Å². The maximum absolute atomic E-state index is 11.8. The maximum atomic E-state index is 11.8. The number of nitrogens with zero attached hydrogens (tertiary/aromatic N) is 2. The molecule has 132 valence electrons. The van der Waals surface area contributed by atoms with Gasteiger partial charge in [0.05, 0.1) is 29.2 Å². The molecule has 0 saturated carbocycles. The number of fused-ring (bicyclic) bond motifs is 1. The van der Waals surface area contributed by atoms with Gasteiger partial charge in [-0.15, -0.1) is 0 Å². The SMILES string of the molecule is COCn1c(CNC(=O)OC(C)(C)C)nc2cc(Br)c(OC)cc21. The predicted octanol–water partition coefficient (Wildman–Crippen LogP) is 3.44. The second kappa shape index (κ2) is 7.40. The van der Waals surface area contributed by atoms with E-state index in [0.717, 1.165) is 15.5 Å². The number of benzene rings is 1. The average Bonchev–Trinajstić information content (AvgIpc) is 2.80. The van der Waals surface area contributed by atoms with Gasteiger partial charge in [0.15, 0.2) is 0 Å². The number of imidazole rings is 1. The van der Waals surface area contributed by atoms with Crippen LogP contribution in [0, 0.1) is 0 Å². The van der Waals surface area contributed by atoms with E-state index in [9.17, 15) is 4.79 Å². The summed E-state index contributed by atoms with van der Waals surface area (Å²) >= 11 is 3.45. The largest absolute Gasteiger partial charge is 0.495 e. The first-order valence-corrected chi connectivity index (χ1v) is 8.23. The molecular weight excluding hydrogens is 378 g/mol. The van der Waals surface area contributed by atoms with Crippen molar-refractivity contribution < 1.29 is 19.0 Å². The fourth-order valence-electron chi connectivity index (χ4n) is 2.21. The number of nitrogens with one attached hydrogen (secondary N) is 1. The molecule has 0 aliphatic rings. The van der Waals surface area contributed by atoms with Crippen LogP contribution in [0.4, 0.5) is 4.79 Å². The van der Waals surface area contributed by atoms with Gasteiger partial charge < -0.3 is 24.1 Å². The summed E-state index contributed by atoms with van der Waals surface area (Å²) in [5.74, 6) is 1.37. The molecule has 0 atom stereocenters. The number of carbonyl (C=O) groups excluding carboxylic acids is 1. The highest BCUT2D eigenvalue weighted by molar-refractivity contribution is 9.10. The van der Waals surface area contributed by atoms with Gasteiger partial charge in [-0.25, -0.2) is 9.78 Å². The lowest BCUT2D eigenvalue weighted by molar-refractivity contribution is 0.0519. The summed E-state index contributed by atoms with van der Waals surface area (Å²) in [7, 11) is 3.21. The van der Waals surface area contributed by atoms with Crippen LogP contribution in [0.1, 0.15) is 26.6 Å². The second-order valence-corrected chi connectivity index (χ2v) is 7.06. The molecule has 0 spiro atoms. The number of hydrogen-bond acceptors (Lipinski definition) is 5. The zero-order chi connectivity index (χ0) is 17.9. The standard InChI is InChI=1S/C16H22BrN3O4/c1-16(2,3)24-15(21)18-8-14-19-11-6-10(17)13(23-5)7-12(11)20(14)9-22-4/h6-7H,8-9H2,1-5H3,(H,18,21). The van der Waals surface area contributed by atoms with Gasteiger partial charge in [-0.1, -0.05) is 0 Å². The Morgan fingerprint density at radius 3 is 2.62 bits per heavy atom. The van der Waals surface area contributed by atoms with Crippen molar-refractivity contribution in [2.45, 2.75) is 39.6 Å². The van der Waals surface area contributed by atoms with E-state index >= 15 is 0 Å². The molecule has 24 heavy (non-hydrogen) atoms. The smallest absolute Gasteiger partial charge is 0.408 e. The molecule has 1 N–H and O–H groups in total. The highest BCUT2D eigenvalue weighted by Gasteiger charge is 2.18. The maximum Gasteiger partial charge on any atom is 0.408 e. The van der Waals surface area contributed by atoms with Crippen molar-refractivity contribution in [3.63, 3.8) is 0 Å². The van der Waals surface area contributed by atoms with E-state index in [-0.39, 0.29) is 6.54 Å². The lowest BCUT2D eigenvalue weighted by atomic mass is 10.2. The fraction of sp³-hybridized carbons (Fsp3) is 0.500. The quantitative estimate of drug-likeness (QED) is 0.833. The first-order chi connectivity index (χ1) is 11.2. The highest BCUT2D eigenvalue weighted by Crippen LogP contribution is 2.30. The number of hydrogen-bond donors (Lipinski definition) is 1. The number of aromatic nitrogens is 2. The normalized spacial score (nSPS) is 11.6. The van der Waals surface area contributed by atoms with Crippen molar-refractivity contribution in [1.82, 2.24) is 14.9 Å². The number of rotatable bonds is 5. The molecular formula is C16H22BrN3O4. The van der Waals surface area contributed by atoms with Crippen LogP contribution in [0.3, 0.4) is 0 Å². The van der Waals surface area contributed by atoms with E-state index in [0.29, 0.717) is 18.3 Å².